The van der Waals surface area contributed by atoms with Gasteiger partial charge in [0, 0.05) is 4.88 Å². The van der Waals surface area contributed by atoms with E-state index in [0.29, 0.717) is 4.83 Å². The Balaban J connectivity index is 2.41. The van der Waals surface area contributed by atoms with Gasteiger partial charge in [-0.15, -0.1) is 11.3 Å². The number of alkyl halides is 1. The molecule has 17 heavy (non-hydrogen) atoms. The maximum Gasteiger partial charge on any atom is 0.0740 e. The van der Waals surface area contributed by atoms with Crippen molar-refractivity contribution in [2.24, 2.45) is 0 Å². The van der Waals surface area contributed by atoms with Gasteiger partial charge in [0.05, 0.1) is 4.83 Å². The third-order valence-electron chi connectivity index (χ3n) is 3.07. The molecule has 90 valence electrons. The molecule has 2 rings (SSSR count). The number of aryl methyl sites for hydroxylation is 2. The quantitative estimate of drug-likeness (QED) is 0.667. The molecule has 2 aromatic rings. The van der Waals surface area contributed by atoms with Gasteiger partial charge in [-0.3, -0.25) is 0 Å². The van der Waals surface area contributed by atoms with Gasteiger partial charge < -0.3 is 0 Å². The molecular weight excluding hydrogens is 292 g/mol. The summed E-state index contributed by atoms with van der Waals surface area (Å²) >= 11 is 5.65. The van der Waals surface area contributed by atoms with Gasteiger partial charge in [-0.1, -0.05) is 54.0 Å². The molecule has 0 spiro atoms. The minimum absolute atomic E-state index is 0.337. The minimum Gasteiger partial charge on any atom is -0.147 e. The highest BCUT2D eigenvalue weighted by molar-refractivity contribution is 9.09. The molecule has 2 heteroatoms. The SMILES string of the molecule is CCc1ccc(CC)c(C(Br)c2cccs2)c1. The molecule has 0 aliphatic heterocycles. The lowest BCUT2D eigenvalue weighted by Gasteiger charge is -2.14. The van der Waals surface area contributed by atoms with E-state index >= 15 is 0 Å². The molecule has 0 amide bonds. The van der Waals surface area contributed by atoms with Gasteiger partial charge in [0.2, 0.25) is 0 Å². The summed E-state index contributed by atoms with van der Waals surface area (Å²) in [5.41, 5.74) is 4.28. The molecule has 1 atom stereocenters. The molecule has 0 aliphatic carbocycles. The van der Waals surface area contributed by atoms with E-state index in [1.165, 1.54) is 21.6 Å². The van der Waals surface area contributed by atoms with E-state index in [4.69, 9.17) is 0 Å². The third kappa shape index (κ3) is 2.80. The summed E-state index contributed by atoms with van der Waals surface area (Å²) in [4.78, 5) is 1.72. The zero-order chi connectivity index (χ0) is 12.3. The maximum atomic E-state index is 3.84. The summed E-state index contributed by atoms with van der Waals surface area (Å²) in [6.45, 7) is 4.43. The van der Waals surface area contributed by atoms with E-state index in [1.54, 1.807) is 0 Å². The van der Waals surface area contributed by atoms with E-state index < -0.39 is 0 Å². The van der Waals surface area contributed by atoms with Crippen LogP contribution in [0.3, 0.4) is 0 Å². The summed E-state index contributed by atoms with van der Waals surface area (Å²) in [6, 6.07) is 11.2. The number of hydrogen-bond acceptors (Lipinski definition) is 1. The Morgan fingerprint density at radius 2 is 2.00 bits per heavy atom. The number of thiophene rings is 1. The van der Waals surface area contributed by atoms with Crippen LogP contribution in [-0.4, -0.2) is 0 Å². The first-order valence-corrected chi connectivity index (χ1v) is 7.85. The molecule has 0 bridgehead atoms. The van der Waals surface area contributed by atoms with Crippen LogP contribution in [0.1, 0.15) is 40.2 Å². The predicted molar refractivity (Wildman–Crippen MR) is 80.3 cm³/mol. The number of benzene rings is 1. The van der Waals surface area contributed by atoms with Crippen LogP contribution in [0.15, 0.2) is 35.7 Å². The van der Waals surface area contributed by atoms with Crippen molar-refractivity contribution in [2.75, 3.05) is 0 Å². The van der Waals surface area contributed by atoms with Crippen molar-refractivity contribution < 1.29 is 0 Å². The van der Waals surface area contributed by atoms with Crippen molar-refractivity contribution in [1.82, 2.24) is 0 Å². The van der Waals surface area contributed by atoms with Crippen LogP contribution in [0.5, 0.6) is 0 Å². The molecule has 0 fully saturated rings. The van der Waals surface area contributed by atoms with Gasteiger partial charge in [0.1, 0.15) is 0 Å². The standard InChI is InChI=1S/C15H17BrS/c1-3-11-7-8-12(4-2)13(10-11)15(16)14-6-5-9-17-14/h5-10,15H,3-4H2,1-2H3. The Labute approximate surface area is 116 Å². The van der Waals surface area contributed by atoms with Crippen LogP contribution >= 0.6 is 27.3 Å². The smallest absolute Gasteiger partial charge is 0.0740 e. The van der Waals surface area contributed by atoms with E-state index in [9.17, 15) is 0 Å². The van der Waals surface area contributed by atoms with Gasteiger partial charge in [0.15, 0.2) is 0 Å². The van der Waals surface area contributed by atoms with Crippen molar-refractivity contribution >= 4 is 27.3 Å². The second-order valence-corrected chi connectivity index (χ2v) is 6.01. The Hall–Kier alpha value is -0.600. The first-order chi connectivity index (χ1) is 8.26. The average molecular weight is 309 g/mol. The lowest BCUT2D eigenvalue weighted by Crippen LogP contribution is -1.98. The number of halogens is 1. The van der Waals surface area contributed by atoms with Crippen molar-refractivity contribution in [2.45, 2.75) is 31.5 Å². The van der Waals surface area contributed by atoms with Crippen LogP contribution < -0.4 is 0 Å². The molecule has 1 heterocycles. The lowest BCUT2D eigenvalue weighted by atomic mass is 9.98. The van der Waals surface area contributed by atoms with Crippen molar-refractivity contribution in [3.63, 3.8) is 0 Å². The second-order valence-electron chi connectivity index (χ2n) is 4.12. The fraction of sp³-hybridized carbons (Fsp3) is 0.333. The Morgan fingerprint density at radius 3 is 2.59 bits per heavy atom. The van der Waals surface area contributed by atoms with Crippen LogP contribution in [0.25, 0.3) is 0 Å². The molecule has 0 saturated heterocycles. The normalized spacial score (nSPS) is 12.6. The fourth-order valence-electron chi connectivity index (χ4n) is 2.01. The average Bonchev–Trinajstić information content (AvgIpc) is 2.91. The fourth-order valence-corrected chi connectivity index (χ4v) is 3.63. The Kier molecular flexibility index (Phi) is 4.41. The molecule has 0 saturated carbocycles. The van der Waals surface area contributed by atoms with Crippen molar-refractivity contribution in [3.8, 4) is 0 Å². The largest absolute Gasteiger partial charge is 0.147 e. The summed E-state index contributed by atoms with van der Waals surface area (Å²) in [7, 11) is 0. The summed E-state index contributed by atoms with van der Waals surface area (Å²) in [5.74, 6) is 0. The molecule has 0 aliphatic rings. The third-order valence-corrected chi connectivity index (χ3v) is 5.29. The first-order valence-electron chi connectivity index (χ1n) is 6.05. The predicted octanol–water partition coefficient (Wildman–Crippen LogP) is 5.36. The second kappa shape index (κ2) is 5.83. The Bertz CT molecular complexity index is 474. The van der Waals surface area contributed by atoms with Gasteiger partial charge in [0.25, 0.3) is 0 Å². The molecular formula is C15H17BrS. The maximum absolute atomic E-state index is 3.84. The molecule has 1 aromatic carbocycles. The van der Waals surface area contributed by atoms with E-state index in [1.807, 2.05) is 11.3 Å². The van der Waals surface area contributed by atoms with E-state index in [-0.39, 0.29) is 0 Å². The summed E-state index contributed by atoms with van der Waals surface area (Å²) in [5, 5.41) is 2.14. The van der Waals surface area contributed by atoms with E-state index in [0.717, 1.165) is 12.8 Å². The van der Waals surface area contributed by atoms with Crippen LogP contribution in [0.2, 0.25) is 0 Å². The van der Waals surface area contributed by atoms with E-state index in [2.05, 4.69) is 65.5 Å². The van der Waals surface area contributed by atoms with Crippen molar-refractivity contribution in [3.05, 3.63) is 57.3 Å². The van der Waals surface area contributed by atoms with Gasteiger partial charge in [-0.05, 0) is 41.0 Å². The summed E-state index contributed by atoms with van der Waals surface area (Å²) < 4.78 is 0. The highest BCUT2D eigenvalue weighted by Crippen LogP contribution is 2.36. The molecule has 1 unspecified atom stereocenters. The Morgan fingerprint density at radius 1 is 1.18 bits per heavy atom. The zero-order valence-corrected chi connectivity index (χ0v) is 12.6. The molecule has 0 radical (unpaired) electrons. The minimum atomic E-state index is 0.337. The molecule has 0 N–H and O–H groups in total. The lowest BCUT2D eigenvalue weighted by molar-refractivity contribution is 1.04. The van der Waals surface area contributed by atoms with Crippen LogP contribution in [-0.2, 0) is 12.8 Å². The van der Waals surface area contributed by atoms with Gasteiger partial charge in [-0.25, -0.2) is 0 Å². The van der Waals surface area contributed by atoms with Crippen LogP contribution in [0, 0.1) is 0 Å². The number of hydrogen-bond donors (Lipinski definition) is 0. The number of rotatable bonds is 4. The highest BCUT2D eigenvalue weighted by Gasteiger charge is 2.14. The van der Waals surface area contributed by atoms with Gasteiger partial charge >= 0.3 is 0 Å². The highest BCUT2D eigenvalue weighted by atomic mass is 79.9. The van der Waals surface area contributed by atoms with Gasteiger partial charge in [-0.2, -0.15) is 0 Å². The monoisotopic (exact) mass is 308 g/mol. The molecule has 1 aromatic heterocycles. The zero-order valence-electron chi connectivity index (χ0n) is 10.2. The first kappa shape index (κ1) is 12.8. The topological polar surface area (TPSA) is 0 Å². The van der Waals surface area contributed by atoms with Crippen LogP contribution in [0.4, 0.5) is 0 Å². The summed E-state index contributed by atoms with van der Waals surface area (Å²) in [6.07, 6.45) is 2.19. The van der Waals surface area contributed by atoms with Crippen molar-refractivity contribution in [1.29, 1.82) is 0 Å². The molecule has 0 nitrogen and oxygen atoms in total.